The lowest BCUT2D eigenvalue weighted by Gasteiger charge is -2.11. The molecule has 1 unspecified atom stereocenters. The lowest BCUT2D eigenvalue weighted by molar-refractivity contribution is 0.178. The Labute approximate surface area is 119 Å². The molecule has 0 saturated carbocycles. The number of aliphatic hydroxyl groups excluding tert-OH is 1. The maximum atomic E-state index is 13.1. The van der Waals surface area contributed by atoms with Gasteiger partial charge in [-0.25, -0.2) is 4.39 Å². The van der Waals surface area contributed by atoms with Crippen LogP contribution >= 0.6 is 15.9 Å². The van der Waals surface area contributed by atoms with Crippen molar-refractivity contribution in [2.24, 2.45) is 0 Å². The predicted octanol–water partition coefficient (Wildman–Crippen LogP) is 3.74. The van der Waals surface area contributed by atoms with Crippen LogP contribution in [0.4, 0.5) is 4.39 Å². The largest absolute Gasteiger partial charge is 0.388 e. The number of hydrogen-bond acceptors (Lipinski definition) is 2. The fourth-order valence-electron chi connectivity index (χ4n) is 1.79. The molecule has 0 fully saturated rings. The van der Waals surface area contributed by atoms with Crippen LogP contribution in [-0.2, 0) is 6.42 Å². The molecule has 0 bridgehead atoms. The van der Waals surface area contributed by atoms with E-state index >= 15 is 0 Å². The van der Waals surface area contributed by atoms with Crippen LogP contribution in [0.15, 0.2) is 46.9 Å². The molecule has 2 rings (SSSR count). The molecule has 0 radical (unpaired) electrons. The van der Waals surface area contributed by atoms with Crippen LogP contribution < -0.4 is 0 Å². The highest BCUT2D eigenvalue weighted by atomic mass is 79.9. The molecule has 2 nitrogen and oxygen atoms in total. The Morgan fingerprint density at radius 1 is 1.21 bits per heavy atom. The molecule has 1 N–H and O–H groups in total. The van der Waals surface area contributed by atoms with Crippen molar-refractivity contribution >= 4 is 15.9 Å². The third kappa shape index (κ3) is 3.40. The fraction of sp³-hybridized carbons (Fsp3) is 0.133. The highest BCUT2D eigenvalue weighted by molar-refractivity contribution is 9.10. The molecule has 0 spiro atoms. The quantitative estimate of drug-likeness (QED) is 0.936. The first-order valence-electron chi connectivity index (χ1n) is 5.72. The van der Waals surface area contributed by atoms with E-state index in [0.717, 1.165) is 11.1 Å². The summed E-state index contributed by atoms with van der Waals surface area (Å²) in [6.45, 7) is 0. The van der Waals surface area contributed by atoms with Gasteiger partial charge in [0.05, 0.1) is 22.2 Å². The molecule has 96 valence electrons. The standard InChI is InChI=1S/C15H11BrFNO/c16-13-7-11(3-6-14(13)17)8-15(19)12-4-1-10(9-18)2-5-12/h1-7,15,19H,8H2. The normalized spacial score (nSPS) is 11.9. The van der Waals surface area contributed by atoms with Crippen LogP contribution in [0.2, 0.25) is 0 Å². The van der Waals surface area contributed by atoms with E-state index in [2.05, 4.69) is 15.9 Å². The van der Waals surface area contributed by atoms with Gasteiger partial charge in [0.25, 0.3) is 0 Å². The molecule has 19 heavy (non-hydrogen) atoms. The van der Waals surface area contributed by atoms with Crippen LogP contribution in [0.1, 0.15) is 22.8 Å². The van der Waals surface area contributed by atoms with E-state index in [4.69, 9.17) is 5.26 Å². The molecule has 0 aliphatic heterocycles. The fourth-order valence-corrected chi connectivity index (χ4v) is 2.21. The second kappa shape index (κ2) is 5.96. The third-order valence-electron chi connectivity index (χ3n) is 2.84. The average Bonchev–Trinajstić information content (AvgIpc) is 2.43. The number of benzene rings is 2. The minimum atomic E-state index is -0.676. The first-order chi connectivity index (χ1) is 9.10. The van der Waals surface area contributed by atoms with E-state index in [1.165, 1.54) is 6.07 Å². The molecule has 0 saturated heterocycles. The van der Waals surface area contributed by atoms with Gasteiger partial charge >= 0.3 is 0 Å². The highest BCUT2D eigenvalue weighted by Gasteiger charge is 2.10. The zero-order chi connectivity index (χ0) is 13.8. The number of nitrogens with zero attached hydrogens (tertiary/aromatic N) is 1. The molecule has 0 aliphatic rings. The van der Waals surface area contributed by atoms with Crippen molar-refractivity contribution < 1.29 is 9.50 Å². The maximum absolute atomic E-state index is 13.1. The van der Waals surface area contributed by atoms with Crippen molar-refractivity contribution in [3.8, 4) is 6.07 Å². The second-order valence-electron chi connectivity index (χ2n) is 4.20. The molecule has 2 aromatic carbocycles. The Bertz CT molecular complexity index is 619. The van der Waals surface area contributed by atoms with Crippen molar-refractivity contribution in [2.45, 2.75) is 12.5 Å². The summed E-state index contributed by atoms with van der Waals surface area (Å²) >= 11 is 3.12. The summed E-state index contributed by atoms with van der Waals surface area (Å²) in [5, 5.41) is 18.8. The summed E-state index contributed by atoms with van der Waals surface area (Å²) in [5.74, 6) is -0.323. The average molecular weight is 320 g/mol. The van der Waals surface area contributed by atoms with Crippen LogP contribution in [0.3, 0.4) is 0 Å². The predicted molar refractivity (Wildman–Crippen MR) is 73.9 cm³/mol. The lowest BCUT2D eigenvalue weighted by atomic mass is 10.0. The van der Waals surface area contributed by atoms with Crippen molar-refractivity contribution in [1.29, 1.82) is 5.26 Å². The van der Waals surface area contributed by atoms with Gasteiger partial charge in [-0.3, -0.25) is 0 Å². The number of rotatable bonds is 3. The highest BCUT2D eigenvalue weighted by Crippen LogP contribution is 2.22. The van der Waals surface area contributed by atoms with Gasteiger partial charge in [0.15, 0.2) is 0 Å². The van der Waals surface area contributed by atoms with Crippen molar-refractivity contribution in [1.82, 2.24) is 0 Å². The topological polar surface area (TPSA) is 44.0 Å². The summed E-state index contributed by atoms with van der Waals surface area (Å²) in [4.78, 5) is 0. The molecule has 0 amide bonds. The van der Waals surface area contributed by atoms with Gasteiger partial charge in [-0.15, -0.1) is 0 Å². The Hall–Kier alpha value is -1.70. The molecule has 2 aromatic rings. The van der Waals surface area contributed by atoms with E-state index in [-0.39, 0.29) is 5.82 Å². The number of halogens is 2. The summed E-state index contributed by atoms with van der Waals surface area (Å²) in [7, 11) is 0. The van der Waals surface area contributed by atoms with E-state index in [0.29, 0.717) is 16.5 Å². The molecule has 4 heteroatoms. The summed E-state index contributed by atoms with van der Waals surface area (Å²) in [5.41, 5.74) is 2.13. The number of nitriles is 1. The lowest BCUT2D eigenvalue weighted by Crippen LogP contribution is -2.02. The van der Waals surface area contributed by atoms with Gasteiger partial charge in [-0.05, 0) is 51.3 Å². The SMILES string of the molecule is N#Cc1ccc(C(O)Cc2ccc(F)c(Br)c2)cc1. The second-order valence-corrected chi connectivity index (χ2v) is 5.06. The number of hydrogen-bond donors (Lipinski definition) is 1. The Kier molecular flexibility index (Phi) is 4.31. The van der Waals surface area contributed by atoms with Crippen molar-refractivity contribution in [3.63, 3.8) is 0 Å². The minimum absolute atomic E-state index is 0.323. The number of aliphatic hydroxyl groups is 1. The Balaban J connectivity index is 2.13. The first kappa shape index (κ1) is 13.7. The molecular weight excluding hydrogens is 309 g/mol. The summed E-state index contributed by atoms with van der Waals surface area (Å²) < 4.78 is 13.5. The van der Waals surface area contributed by atoms with Gasteiger partial charge in [0.2, 0.25) is 0 Å². The minimum Gasteiger partial charge on any atom is -0.388 e. The smallest absolute Gasteiger partial charge is 0.137 e. The van der Waals surface area contributed by atoms with Gasteiger partial charge < -0.3 is 5.11 Å². The molecule has 0 heterocycles. The zero-order valence-corrected chi connectivity index (χ0v) is 11.6. The van der Waals surface area contributed by atoms with Crippen LogP contribution in [-0.4, -0.2) is 5.11 Å². The molecule has 0 aromatic heterocycles. The first-order valence-corrected chi connectivity index (χ1v) is 6.51. The van der Waals surface area contributed by atoms with Gasteiger partial charge in [0.1, 0.15) is 5.82 Å². The van der Waals surface area contributed by atoms with E-state index in [9.17, 15) is 9.50 Å². The van der Waals surface area contributed by atoms with Crippen LogP contribution in [0.25, 0.3) is 0 Å². The zero-order valence-electron chi connectivity index (χ0n) is 9.98. The summed E-state index contributed by atoms with van der Waals surface area (Å²) in [6.07, 6.45) is -0.282. The van der Waals surface area contributed by atoms with E-state index in [1.807, 2.05) is 6.07 Å². The molecular formula is C15H11BrFNO. The van der Waals surface area contributed by atoms with Gasteiger partial charge in [-0.2, -0.15) is 5.26 Å². The van der Waals surface area contributed by atoms with Crippen molar-refractivity contribution in [2.75, 3.05) is 0 Å². The van der Waals surface area contributed by atoms with Crippen LogP contribution in [0.5, 0.6) is 0 Å². The van der Waals surface area contributed by atoms with Gasteiger partial charge in [0, 0.05) is 6.42 Å². The summed E-state index contributed by atoms with van der Waals surface area (Å²) in [6, 6.07) is 13.5. The third-order valence-corrected chi connectivity index (χ3v) is 3.45. The maximum Gasteiger partial charge on any atom is 0.137 e. The molecule has 1 atom stereocenters. The Morgan fingerprint density at radius 3 is 2.47 bits per heavy atom. The van der Waals surface area contributed by atoms with Gasteiger partial charge in [-0.1, -0.05) is 18.2 Å². The molecule has 0 aliphatic carbocycles. The van der Waals surface area contributed by atoms with E-state index < -0.39 is 6.10 Å². The Morgan fingerprint density at radius 2 is 1.89 bits per heavy atom. The monoisotopic (exact) mass is 319 g/mol. The van der Waals surface area contributed by atoms with Crippen molar-refractivity contribution in [3.05, 3.63) is 69.4 Å². The van der Waals surface area contributed by atoms with Crippen LogP contribution in [0, 0.1) is 17.1 Å². The van der Waals surface area contributed by atoms with E-state index in [1.54, 1.807) is 36.4 Å².